The maximum atomic E-state index is 12.2. The van der Waals surface area contributed by atoms with Crippen LogP contribution in [-0.2, 0) is 14.3 Å². The van der Waals surface area contributed by atoms with Gasteiger partial charge >= 0.3 is 11.9 Å². The van der Waals surface area contributed by atoms with Crippen molar-refractivity contribution >= 4 is 11.9 Å². The number of esters is 2. The van der Waals surface area contributed by atoms with Gasteiger partial charge in [-0.3, -0.25) is 4.79 Å². The molecule has 1 aromatic rings. The standard InChI is InChI=1S/C18H23NO4/c1-11(2)17(20)22-14-8-13-9-16(15(10-14)19-13)23-18(21)12-6-4-3-5-7-12/h3-7,11,13-16,19H,8-10H2,1-2H3/t13-,14-,15+,16-/m1/s1. The lowest BCUT2D eigenvalue weighted by Crippen LogP contribution is -2.45. The molecule has 2 aliphatic heterocycles. The van der Waals surface area contributed by atoms with Gasteiger partial charge in [-0.05, 0) is 18.6 Å². The fraction of sp³-hybridized carbons (Fsp3) is 0.556. The van der Waals surface area contributed by atoms with E-state index in [9.17, 15) is 9.59 Å². The summed E-state index contributed by atoms with van der Waals surface area (Å²) >= 11 is 0. The summed E-state index contributed by atoms with van der Waals surface area (Å²) in [5.74, 6) is -0.566. The van der Waals surface area contributed by atoms with Gasteiger partial charge in [0.05, 0.1) is 11.5 Å². The van der Waals surface area contributed by atoms with Gasteiger partial charge in [-0.15, -0.1) is 0 Å². The highest BCUT2D eigenvalue weighted by Crippen LogP contribution is 2.31. The molecule has 0 unspecified atom stereocenters. The van der Waals surface area contributed by atoms with Gasteiger partial charge in [0.1, 0.15) is 12.2 Å². The Morgan fingerprint density at radius 3 is 2.52 bits per heavy atom. The van der Waals surface area contributed by atoms with E-state index >= 15 is 0 Å². The maximum Gasteiger partial charge on any atom is 0.338 e. The third-order valence-corrected chi connectivity index (χ3v) is 4.50. The van der Waals surface area contributed by atoms with Crippen LogP contribution >= 0.6 is 0 Å². The van der Waals surface area contributed by atoms with Crippen molar-refractivity contribution in [2.24, 2.45) is 5.92 Å². The number of piperidine rings is 1. The third-order valence-electron chi connectivity index (χ3n) is 4.50. The van der Waals surface area contributed by atoms with Gasteiger partial charge in [0, 0.05) is 24.9 Å². The van der Waals surface area contributed by atoms with E-state index in [-0.39, 0.29) is 42.1 Å². The lowest BCUT2D eigenvalue weighted by atomic mass is 10.0. The van der Waals surface area contributed by atoms with Crippen molar-refractivity contribution in [1.29, 1.82) is 0 Å². The van der Waals surface area contributed by atoms with Crippen molar-refractivity contribution in [2.75, 3.05) is 0 Å². The third kappa shape index (κ3) is 3.72. The Balaban J connectivity index is 1.58. The second kappa shape index (κ2) is 6.71. The summed E-state index contributed by atoms with van der Waals surface area (Å²) in [7, 11) is 0. The van der Waals surface area contributed by atoms with Crippen molar-refractivity contribution < 1.29 is 19.1 Å². The lowest BCUT2D eigenvalue weighted by molar-refractivity contribution is -0.154. The Kier molecular flexibility index (Phi) is 4.66. The Hall–Kier alpha value is -1.88. The first-order chi connectivity index (χ1) is 11.0. The second-order valence-corrected chi connectivity index (χ2v) is 6.70. The van der Waals surface area contributed by atoms with Crippen molar-refractivity contribution in [3.8, 4) is 0 Å². The molecule has 23 heavy (non-hydrogen) atoms. The number of fused-ring (bicyclic) bond motifs is 2. The van der Waals surface area contributed by atoms with Gasteiger partial charge in [-0.1, -0.05) is 32.0 Å². The number of rotatable bonds is 4. The quantitative estimate of drug-likeness (QED) is 0.863. The van der Waals surface area contributed by atoms with Gasteiger partial charge in [0.2, 0.25) is 0 Å². The van der Waals surface area contributed by atoms with Crippen LogP contribution in [0.5, 0.6) is 0 Å². The van der Waals surface area contributed by atoms with Crippen LogP contribution in [-0.4, -0.2) is 36.2 Å². The molecule has 1 N–H and O–H groups in total. The minimum absolute atomic E-state index is 0.0615. The summed E-state index contributed by atoms with van der Waals surface area (Å²) in [4.78, 5) is 24.0. The molecular weight excluding hydrogens is 294 g/mol. The zero-order chi connectivity index (χ0) is 16.4. The number of nitrogens with one attached hydrogen (secondary N) is 1. The molecule has 2 heterocycles. The number of hydrogen-bond donors (Lipinski definition) is 1. The van der Waals surface area contributed by atoms with Gasteiger partial charge in [-0.25, -0.2) is 4.79 Å². The number of hydrogen-bond acceptors (Lipinski definition) is 5. The normalized spacial score (nSPS) is 29.3. The molecule has 2 saturated heterocycles. The average molecular weight is 317 g/mol. The molecule has 5 heteroatoms. The topological polar surface area (TPSA) is 64.6 Å². The van der Waals surface area contributed by atoms with E-state index in [1.165, 1.54) is 0 Å². The first-order valence-electron chi connectivity index (χ1n) is 8.25. The van der Waals surface area contributed by atoms with Crippen LogP contribution in [0.3, 0.4) is 0 Å². The number of benzene rings is 1. The summed E-state index contributed by atoms with van der Waals surface area (Å²) in [6.45, 7) is 3.67. The first-order valence-corrected chi connectivity index (χ1v) is 8.25. The molecule has 0 saturated carbocycles. The van der Waals surface area contributed by atoms with Crippen molar-refractivity contribution in [3.63, 3.8) is 0 Å². The maximum absolute atomic E-state index is 12.2. The summed E-state index contributed by atoms with van der Waals surface area (Å²) in [5, 5.41) is 3.46. The fourth-order valence-corrected chi connectivity index (χ4v) is 3.31. The zero-order valence-corrected chi connectivity index (χ0v) is 13.5. The Bertz CT molecular complexity index is 572. The predicted molar refractivity (Wildman–Crippen MR) is 84.9 cm³/mol. The Labute approximate surface area is 136 Å². The van der Waals surface area contributed by atoms with Crippen LogP contribution < -0.4 is 5.32 Å². The molecule has 5 nitrogen and oxygen atoms in total. The van der Waals surface area contributed by atoms with E-state index in [1.807, 2.05) is 32.0 Å². The zero-order valence-electron chi connectivity index (χ0n) is 13.5. The molecule has 0 radical (unpaired) electrons. The minimum atomic E-state index is -0.291. The van der Waals surface area contributed by atoms with Gasteiger partial charge < -0.3 is 14.8 Å². The summed E-state index contributed by atoms with van der Waals surface area (Å²) < 4.78 is 11.2. The molecule has 0 aliphatic carbocycles. The smallest absolute Gasteiger partial charge is 0.338 e. The van der Waals surface area contributed by atoms with E-state index in [0.29, 0.717) is 12.0 Å². The lowest BCUT2D eigenvalue weighted by Gasteiger charge is -2.30. The molecule has 3 rings (SSSR count). The van der Waals surface area contributed by atoms with Crippen LogP contribution in [0.2, 0.25) is 0 Å². The molecule has 2 bridgehead atoms. The van der Waals surface area contributed by atoms with Gasteiger partial charge in [-0.2, -0.15) is 0 Å². The predicted octanol–water partition coefficient (Wildman–Crippen LogP) is 2.30. The SMILES string of the molecule is CC(C)C(=O)O[C@@H]1C[C@@H]2C[C@@H](OC(=O)c3ccccc3)[C@H](C1)N2. The van der Waals surface area contributed by atoms with Crippen LogP contribution in [0, 0.1) is 5.92 Å². The first kappa shape index (κ1) is 16.0. The average Bonchev–Trinajstić information content (AvgIpc) is 2.81. The van der Waals surface area contributed by atoms with E-state index in [4.69, 9.17) is 9.47 Å². The van der Waals surface area contributed by atoms with Crippen LogP contribution in [0.25, 0.3) is 0 Å². The number of carbonyl (C=O) groups is 2. The Morgan fingerprint density at radius 2 is 1.83 bits per heavy atom. The highest BCUT2D eigenvalue weighted by molar-refractivity contribution is 5.89. The van der Waals surface area contributed by atoms with Crippen LogP contribution in [0.4, 0.5) is 0 Å². The van der Waals surface area contributed by atoms with Crippen molar-refractivity contribution in [3.05, 3.63) is 35.9 Å². The van der Waals surface area contributed by atoms with E-state index in [1.54, 1.807) is 12.1 Å². The summed E-state index contributed by atoms with van der Waals surface area (Å²) in [6.07, 6.45) is 2.02. The molecule has 124 valence electrons. The van der Waals surface area contributed by atoms with Crippen LogP contribution in [0.1, 0.15) is 43.5 Å². The van der Waals surface area contributed by atoms with E-state index < -0.39 is 0 Å². The molecule has 0 aromatic heterocycles. The fourth-order valence-electron chi connectivity index (χ4n) is 3.31. The molecule has 4 atom stereocenters. The molecule has 1 aromatic carbocycles. The number of ether oxygens (including phenoxy) is 2. The molecular formula is C18H23NO4. The van der Waals surface area contributed by atoms with E-state index in [0.717, 1.165) is 12.8 Å². The second-order valence-electron chi connectivity index (χ2n) is 6.70. The molecule has 0 amide bonds. The summed E-state index contributed by atoms with van der Waals surface area (Å²) in [6, 6.07) is 9.33. The van der Waals surface area contributed by atoms with Crippen molar-refractivity contribution in [1.82, 2.24) is 5.32 Å². The molecule has 2 fully saturated rings. The van der Waals surface area contributed by atoms with Gasteiger partial charge in [0.25, 0.3) is 0 Å². The van der Waals surface area contributed by atoms with Crippen molar-refractivity contribution in [2.45, 2.75) is 57.4 Å². The van der Waals surface area contributed by atoms with Crippen LogP contribution in [0.15, 0.2) is 30.3 Å². The largest absolute Gasteiger partial charge is 0.462 e. The Morgan fingerprint density at radius 1 is 1.09 bits per heavy atom. The molecule has 2 aliphatic rings. The minimum Gasteiger partial charge on any atom is -0.462 e. The monoisotopic (exact) mass is 317 g/mol. The number of carbonyl (C=O) groups excluding carboxylic acids is 2. The van der Waals surface area contributed by atoms with Gasteiger partial charge in [0.15, 0.2) is 0 Å². The summed E-state index contributed by atoms with van der Waals surface area (Å²) in [5.41, 5.74) is 0.566. The van der Waals surface area contributed by atoms with E-state index in [2.05, 4.69) is 5.32 Å². The highest BCUT2D eigenvalue weighted by Gasteiger charge is 2.43. The highest BCUT2D eigenvalue weighted by atomic mass is 16.6. The molecule has 0 spiro atoms.